The number of oxime groups is 1. The molecule has 0 aliphatic carbocycles. The molecule has 172 valence electrons. The molecule has 33 heavy (non-hydrogen) atoms. The lowest BCUT2D eigenvalue weighted by Crippen LogP contribution is -2.19. The van der Waals surface area contributed by atoms with Gasteiger partial charge in [-0.25, -0.2) is 4.79 Å². The molecule has 3 aromatic rings. The van der Waals surface area contributed by atoms with Gasteiger partial charge in [-0.1, -0.05) is 16.8 Å². The first-order chi connectivity index (χ1) is 15.7. The third-order valence-corrected chi connectivity index (χ3v) is 4.71. The van der Waals surface area contributed by atoms with Crippen LogP contribution in [0.2, 0.25) is 5.02 Å². The predicted octanol–water partition coefficient (Wildman–Crippen LogP) is 7.17. The summed E-state index contributed by atoms with van der Waals surface area (Å²) in [6.07, 6.45) is -4.63. The van der Waals surface area contributed by atoms with Crippen LogP contribution in [0.4, 0.5) is 29.3 Å². The van der Waals surface area contributed by atoms with E-state index in [0.29, 0.717) is 17.2 Å². The highest BCUT2D eigenvalue weighted by Gasteiger charge is 2.33. The van der Waals surface area contributed by atoms with Crippen LogP contribution in [0, 0.1) is 0 Å². The number of hydrogen-bond donors (Lipinski definition) is 2. The van der Waals surface area contributed by atoms with Gasteiger partial charge in [0.1, 0.15) is 18.6 Å². The third kappa shape index (κ3) is 6.63. The monoisotopic (exact) mass is 477 g/mol. The van der Waals surface area contributed by atoms with Crippen LogP contribution < -0.4 is 15.4 Å². The number of carbonyl (C=O) groups is 1. The Hall–Kier alpha value is -3.72. The average molecular weight is 478 g/mol. The van der Waals surface area contributed by atoms with Crippen molar-refractivity contribution in [3.8, 4) is 11.5 Å². The Morgan fingerprint density at radius 2 is 1.45 bits per heavy atom. The Kier molecular flexibility index (Phi) is 7.44. The van der Waals surface area contributed by atoms with Gasteiger partial charge >= 0.3 is 12.2 Å². The molecular weight excluding hydrogens is 459 g/mol. The van der Waals surface area contributed by atoms with Crippen molar-refractivity contribution < 1.29 is 27.5 Å². The van der Waals surface area contributed by atoms with Crippen molar-refractivity contribution in [3.63, 3.8) is 0 Å². The fourth-order valence-corrected chi connectivity index (χ4v) is 3.03. The zero-order valence-corrected chi connectivity index (χ0v) is 18.3. The topological polar surface area (TPSA) is 72.0 Å². The lowest BCUT2D eigenvalue weighted by Gasteiger charge is -2.12. The minimum absolute atomic E-state index is 0.0431. The number of nitrogens with one attached hydrogen (secondary N) is 2. The van der Waals surface area contributed by atoms with Gasteiger partial charge in [-0.05, 0) is 79.2 Å². The van der Waals surface area contributed by atoms with Gasteiger partial charge in [0.05, 0.1) is 16.3 Å². The van der Waals surface area contributed by atoms with E-state index < -0.39 is 22.8 Å². The van der Waals surface area contributed by atoms with Crippen molar-refractivity contribution in [3.05, 3.63) is 82.9 Å². The first-order valence-corrected chi connectivity index (χ1v) is 9.94. The van der Waals surface area contributed by atoms with Crippen molar-refractivity contribution in [1.29, 1.82) is 0 Å². The predicted molar refractivity (Wildman–Crippen MR) is 121 cm³/mol. The van der Waals surface area contributed by atoms with E-state index in [9.17, 15) is 18.0 Å². The van der Waals surface area contributed by atoms with E-state index in [1.165, 1.54) is 13.2 Å². The summed E-state index contributed by atoms with van der Waals surface area (Å²) in [5.74, 6) is 1.13. The standard InChI is InChI=1S/C23H19ClF3N3O3/c1-14(30-32-2)15-3-8-18(9-4-15)33-19-10-5-16(6-11-19)28-22(31)29-17-7-12-21(24)20(13-17)23(25,26)27/h3-13H,1-2H3,(H2,28,29,31)/b30-14+. The molecule has 6 nitrogen and oxygen atoms in total. The summed E-state index contributed by atoms with van der Waals surface area (Å²) in [6.45, 7) is 1.82. The summed E-state index contributed by atoms with van der Waals surface area (Å²) in [5.41, 5.74) is 0.964. The Morgan fingerprint density at radius 3 is 2.03 bits per heavy atom. The summed E-state index contributed by atoms with van der Waals surface area (Å²) < 4.78 is 44.6. The third-order valence-electron chi connectivity index (χ3n) is 4.38. The normalized spacial score (nSPS) is 11.6. The molecule has 3 aromatic carbocycles. The number of benzene rings is 3. The molecule has 0 unspecified atom stereocenters. The van der Waals surface area contributed by atoms with E-state index in [0.717, 1.165) is 23.4 Å². The average Bonchev–Trinajstić information content (AvgIpc) is 2.76. The van der Waals surface area contributed by atoms with Gasteiger partial charge < -0.3 is 20.2 Å². The first-order valence-electron chi connectivity index (χ1n) is 9.56. The number of ether oxygens (including phenoxy) is 1. The minimum atomic E-state index is -4.63. The zero-order chi connectivity index (χ0) is 24.0. The molecule has 0 spiro atoms. The fourth-order valence-electron chi connectivity index (χ4n) is 2.81. The zero-order valence-electron chi connectivity index (χ0n) is 17.5. The quantitative estimate of drug-likeness (QED) is 0.292. The molecule has 0 bridgehead atoms. The van der Waals surface area contributed by atoms with Gasteiger partial charge in [-0.15, -0.1) is 0 Å². The lowest BCUT2D eigenvalue weighted by atomic mass is 10.1. The second-order valence-corrected chi connectivity index (χ2v) is 7.19. The molecule has 3 rings (SSSR count). The molecule has 0 atom stereocenters. The number of hydrogen-bond acceptors (Lipinski definition) is 4. The number of urea groups is 1. The summed E-state index contributed by atoms with van der Waals surface area (Å²) >= 11 is 5.58. The Labute approximate surface area is 193 Å². The number of nitrogens with zero attached hydrogens (tertiary/aromatic N) is 1. The summed E-state index contributed by atoms with van der Waals surface area (Å²) in [7, 11) is 1.48. The number of alkyl halides is 3. The van der Waals surface area contributed by atoms with Crippen molar-refractivity contribution in [2.75, 3.05) is 17.7 Å². The van der Waals surface area contributed by atoms with Gasteiger partial charge in [0.25, 0.3) is 0 Å². The van der Waals surface area contributed by atoms with Crippen molar-refractivity contribution >= 4 is 34.7 Å². The highest BCUT2D eigenvalue weighted by Crippen LogP contribution is 2.36. The number of anilines is 2. The molecule has 2 N–H and O–H groups in total. The molecular formula is C23H19ClF3N3O3. The molecule has 0 aromatic heterocycles. The largest absolute Gasteiger partial charge is 0.457 e. The second kappa shape index (κ2) is 10.3. The van der Waals surface area contributed by atoms with E-state index in [2.05, 4.69) is 15.8 Å². The molecule has 0 heterocycles. The van der Waals surface area contributed by atoms with Gasteiger partial charge in [0.15, 0.2) is 0 Å². The van der Waals surface area contributed by atoms with Crippen LogP contribution >= 0.6 is 11.6 Å². The summed E-state index contributed by atoms with van der Waals surface area (Å²) in [6, 6.07) is 16.2. The lowest BCUT2D eigenvalue weighted by molar-refractivity contribution is -0.137. The van der Waals surface area contributed by atoms with E-state index in [4.69, 9.17) is 21.2 Å². The molecule has 0 radical (unpaired) electrons. The van der Waals surface area contributed by atoms with Gasteiger partial charge in [0.2, 0.25) is 0 Å². The van der Waals surface area contributed by atoms with Crippen LogP contribution in [-0.2, 0) is 11.0 Å². The maximum Gasteiger partial charge on any atom is 0.417 e. The Morgan fingerprint density at radius 1 is 0.909 bits per heavy atom. The van der Waals surface area contributed by atoms with E-state index >= 15 is 0 Å². The maximum atomic E-state index is 13.0. The minimum Gasteiger partial charge on any atom is -0.457 e. The maximum absolute atomic E-state index is 13.0. The summed E-state index contributed by atoms with van der Waals surface area (Å²) in [5, 5.41) is 8.31. The van der Waals surface area contributed by atoms with Gasteiger partial charge in [-0.3, -0.25) is 0 Å². The second-order valence-electron chi connectivity index (χ2n) is 6.78. The number of halogens is 4. The van der Waals surface area contributed by atoms with Crippen LogP contribution in [0.15, 0.2) is 71.9 Å². The van der Waals surface area contributed by atoms with Crippen LogP contribution in [-0.4, -0.2) is 18.9 Å². The highest BCUT2D eigenvalue weighted by atomic mass is 35.5. The Balaban J connectivity index is 1.59. The van der Waals surface area contributed by atoms with Crippen molar-refractivity contribution in [2.45, 2.75) is 13.1 Å². The van der Waals surface area contributed by atoms with E-state index in [1.807, 2.05) is 19.1 Å². The number of carbonyl (C=O) groups excluding carboxylic acids is 1. The number of amides is 2. The molecule has 0 saturated heterocycles. The van der Waals surface area contributed by atoms with Crippen molar-refractivity contribution in [2.24, 2.45) is 5.16 Å². The van der Waals surface area contributed by atoms with Gasteiger partial charge in [0, 0.05) is 11.4 Å². The smallest absolute Gasteiger partial charge is 0.417 e. The SMILES string of the molecule is CO/N=C(\C)c1ccc(Oc2ccc(NC(=O)Nc3ccc(Cl)c(C(F)(F)F)c3)cc2)cc1. The van der Waals surface area contributed by atoms with Gasteiger partial charge in [-0.2, -0.15) is 13.2 Å². The number of rotatable bonds is 6. The Bertz CT molecular complexity index is 1150. The van der Waals surface area contributed by atoms with Crippen molar-refractivity contribution in [1.82, 2.24) is 0 Å². The van der Waals surface area contributed by atoms with Crippen LogP contribution in [0.1, 0.15) is 18.1 Å². The van der Waals surface area contributed by atoms with E-state index in [-0.39, 0.29) is 5.69 Å². The molecule has 0 saturated carbocycles. The highest BCUT2D eigenvalue weighted by molar-refractivity contribution is 6.31. The first kappa shape index (κ1) is 23.9. The molecule has 0 aliphatic heterocycles. The van der Waals surface area contributed by atoms with E-state index in [1.54, 1.807) is 36.4 Å². The summed E-state index contributed by atoms with van der Waals surface area (Å²) in [4.78, 5) is 16.9. The van der Waals surface area contributed by atoms with Crippen LogP contribution in [0.25, 0.3) is 0 Å². The molecule has 0 aliphatic rings. The fraction of sp³-hybridized carbons (Fsp3) is 0.130. The van der Waals surface area contributed by atoms with Crippen LogP contribution in [0.5, 0.6) is 11.5 Å². The molecule has 2 amide bonds. The molecule has 0 fully saturated rings. The van der Waals surface area contributed by atoms with Crippen LogP contribution in [0.3, 0.4) is 0 Å². The molecule has 10 heteroatoms.